The van der Waals surface area contributed by atoms with Gasteiger partial charge in [0.1, 0.15) is 5.75 Å². The minimum absolute atomic E-state index is 0.238. The van der Waals surface area contributed by atoms with Crippen LogP contribution in [0.4, 0.5) is 0 Å². The Morgan fingerprint density at radius 2 is 1.67 bits per heavy atom. The van der Waals surface area contributed by atoms with Crippen LogP contribution in [0.3, 0.4) is 0 Å². The highest BCUT2D eigenvalue weighted by Crippen LogP contribution is 2.30. The summed E-state index contributed by atoms with van der Waals surface area (Å²) >= 11 is 0. The van der Waals surface area contributed by atoms with Crippen LogP contribution < -0.4 is 19.5 Å². The monoisotopic (exact) mass is 407 g/mol. The normalized spacial score (nSPS) is 11.5. The van der Waals surface area contributed by atoms with Crippen molar-refractivity contribution in [2.75, 3.05) is 21.3 Å². The van der Waals surface area contributed by atoms with E-state index in [0.29, 0.717) is 28.6 Å². The highest BCUT2D eigenvalue weighted by atomic mass is 16.5. The average molecular weight is 407 g/mol. The molecule has 1 atom stereocenters. The number of nitrogens with zero attached hydrogens (tertiary/aromatic N) is 2. The molecule has 1 aromatic heterocycles. The molecule has 2 aromatic carbocycles. The van der Waals surface area contributed by atoms with E-state index in [4.69, 9.17) is 14.2 Å². The predicted octanol–water partition coefficient (Wildman–Crippen LogP) is 3.97. The Hall–Kier alpha value is -3.61. The number of rotatable bonds is 7. The van der Waals surface area contributed by atoms with Crippen molar-refractivity contribution in [3.05, 3.63) is 65.5 Å². The van der Waals surface area contributed by atoms with Crippen LogP contribution in [0.2, 0.25) is 0 Å². The van der Waals surface area contributed by atoms with E-state index >= 15 is 0 Å². The Balaban J connectivity index is 1.76. The van der Waals surface area contributed by atoms with Crippen LogP contribution in [0, 0.1) is 6.92 Å². The van der Waals surface area contributed by atoms with Crippen molar-refractivity contribution in [3.8, 4) is 28.6 Å². The Labute approximate surface area is 176 Å². The molecule has 0 bridgehead atoms. The first kappa shape index (κ1) is 21.1. The number of carbonyl (C=O) groups excluding carboxylic acids is 1. The molecule has 0 saturated carbocycles. The molecule has 156 valence electrons. The van der Waals surface area contributed by atoms with Gasteiger partial charge < -0.3 is 19.5 Å². The Bertz CT molecular complexity index is 1040. The third-order valence-electron chi connectivity index (χ3n) is 4.83. The highest BCUT2D eigenvalue weighted by molar-refractivity contribution is 5.95. The minimum atomic E-state index is -0.240. The van der Waals surface area contributed by atoms with Gasteiger partial charge in [0.15, 0.2) is 17.3 Å². The van der Waals surface area contributed by atoms with E-state index in [0.717, 1.165) is 16.9 Å². The molecule has 3 aromatic rings. The topological polar surface area (TPSA) is 82.6 Å². The second-order valence-corrected chi connectivity index (χ2v) is 6.73. The average Bonchev–Trinajstić information content (AvgIpc) is 2.78. The summed E-state index contributed by atoms with van der Waals surface area (Å²) in [5, 5.41) is 2.98. The molecule has 1 unspecified atom stereocenters. The molecule has 1 N–H and O–H groups in total. The third kappa shape index (κ3) is 4.51. The highest BCUT2D eigenvalue weighted by Gasteiger charge is 2.17. The third-order valence-corrected chi connectivity index (χ3v) is 4.83. The molecule has 1 heterocycles. The molecular formula is C23H25N3O4. The smallest absolute Gasteiger partial charge is 0.255 e. The van der Waals surface area contributed by atoms with E-state index in [2.05, 4.69) is 15.3 Å². The first-order valence-corrected chi connectivity index (χ1v) is 9.47. The fraction of sp³-hybridized carbons (Fsp3) is 0.261. The van der Waals surface area contributed by atoms with Gasteiger partial charge in [0.05, 0.1) is 38.6 Å². The SMILES string of the molecule is COc1ccc(-c2ncc(C(=O)NC(C)c3ccc(OC)c(OC)c3)c(C)n2)cc1. The number of aryl methyl sites for hydroxylation is 1. The summed E-state index contributed by atoms with van der Waals surface area (Å²) in [6.07, 6.45) is 1.55. The van der Waals surface area contributed by atoms with Crippen LogP contribution in [0.15, 0.2) is 48.7 Å². The number of amides is 1. The number of benzene rings is 2. The second-order valence-electron chi connectivity index (χ2n) is 6.73. The van der Waals surface area contributed by atoms with Gasteiger partial charge in [0.2, 0.25) is 0 Å². The van der Waals surface area contributed by atoms with E-state index in [9.17, 15) is 4.79 Å². The maximum atomic E-state index is 12.8. The second kappa shape index (κ2) is 9.26. The van der Waals surface area contributed by atoms with E-state index in [1.165, 1.54) is 0 Å². The molecule has 0 aliphatic heterocycles. The van der Waals surface area contributed by atoms with Crippen LogP contribution in [0.25, 0.3) is 11.4 Å². The van der Waals surface area contributed by atoms with Gasteiger partial charge in [0, 0.05) is 11.8 Å². The fourth-order valence-electron chi connectivity index (χ4n) is 3.05. The number of methoxy groups -OCH3 is 3. The summed E-state index contributed by atoms with van der Waals surface area (Å²) in [5.74, 6) is 2.32. The molecule has 0 saturated heterocycles. The summed E-state index contributed by atoms with van der Waals surface area (Å²) in [6, 6.07) is 12.8. The van der Waals surface area contributed by atoms with Gasteiger partial charge in [-0.2, -0.15) is 0 Å². The van der Waals surface area contributed by atoms with Crippen LogP contribution in [-0.4, -0.2) is 37.2 Å². The van der Waals surface area contributed by atoms with Crippen molar-refractivity contribution in [2.24, 2.45) is 0 Å². The zero-order valence-corrected chi connectivity index (χ0v) is 17.7. The van der Waals surface area contributed by atoms with Gasteiger partial charge in [-0.05, 0) is 55.8 Å². The summed E-state index contributed by atoms with van der Waals surface area (Å²) < 4.78 is 15.8. The largest absolute Gasteiger partial charge is 0.497 e. The van der Waals surface area contributed by atoms with Gasteiger partial charge >= 0.3 is 0 Å². The summed E-state index contributed by atoms with van der Waals surface area (Å²) in [6.45, 7) is 3.70. The number of hydrogen-bond donors (Lipinski definition) is 1. The summed E-state index contributed by atoms with van der Waals surface area (Å²) in [7, 11) is 4.78. The van der Waals surface area contributed by atoms with Crippen molar-refractivity contribution in [1.82, 2.24) is 15.3 Å². The van der Waals surface area contributed by atoms with Gasteiger partial charge in [-0.15, -0.1) is 0 Å². The Morgan fingerprint density at radius 1 is 0.967 bits per heavy atom. The molecule has 7 nitrogen and oxygen atoms in total. The number of carbonyl (C=O) groups is 1. The lowest BCUT2D eigenvalue weighted by atomic mass is 10.1. The zero-order valence-electron chi connectivity index (χ0n) is 17.7. The van der Waals surface area contributed by atoms with E-state index in [1.54, 1.807) is 34.4 Å². The first-order chi connectivity index (χ1) is 14.5. The van der Waals surface area contributed by atoms with Crippen LogP contribution in [0.1, 0.15) is 34.6 Å². The quantitative estimate of drug-likeness (QED) is 0.638. The number of nitrogens with one attached hydrogen (secondary N) is 1. The molecule has 1 amide bonds. The first-order valence-electron chi connectivity index (χ1n) is 9.47. The van der Waals surface area contributed by atoms with Crippen molar-refractivity contribution in [1.29, 1.82) is 0 Å². The van der Waals surface area contributed by atoms with Crippen molar-refractivity contribution in [2.45, 2.75) is 19.9 Å². The lowest BCUT2D eigenvalue weighted by molar-refractivity contribution is 0.0938. The Kier molecular flexibility index (Phi) is 6.51. The van der Waals surface area contributed by atoms with Crippen molar-refractivity contribution in [3.63, 3.8) is 0 Å². The molecule has 7 heteroatoms. The van der Waals surface area contributed by atoms with E-state index < -0.39 is 0 Å². The lowest BCUT2D eigenvalue weighted by Crippen LogP contribution is -2.27. The van der Waals surface area contributed by atoms with Crippen LogP contribution >= 0.6 is 0 Å². The molecule has 0 aliphatic carbocycles. The molecule has 0 aliphatic rings. The number of hydrogen-bond acceptors (Lipinski definition) is 6. The van der Waals surface area contributed by atoms with Crippen LogP contribution in [-0.2, 0) is 0 Å². The number of aromatic nitrogens is 2. The van der Waals surface area contributed by atoms with Gasteiger partial charge in [-0.1, -0.05) is 6.07 Å². The maximum Gasteiger partial charge on any atom is 0.255 e. The minimum Gasteiger partial charge on any atom is -0.497 e. The lowest BCUT2D eigenvalue weighted by Gasteiger charge is -2.17. The molecule has 0 fully saturated rings. The maximum absolute atomic E-state index is 12.8. The van der Waals surface area contributed by atoms with Crippen LogP contribution in [0.5, 0.6) is 17.2 Å². The number of ether oxygens (including phenoxy) is 3. The van der Waals surface area contributed by atoms with Crippen molar-refractivity contribution >= 4 is 5.91 Å². The van der Waals surface area contributed by atoms with E-state index in [-0.39, 0.29) is 11.9 Å². The van der Waals surface area contributed by atoms with Gasteiger partial charge in [0.25, 0.3) is 5.91 Å². The van der Waals surface area contributed by atoms with Gasteiger partial charge in [-0.3, -0.25) is 4.79 Å². The molecule has 3 rings (SSSR count). The predicted molar refractivity (Wildman–Crippen MR) is 114 cm³/mol. The molecule has 30 heavy (non-hydrogen) atoms. The molecule has 0 radical (unpaired) electrons. The molecular weight excluding hydrogens is 382 g/mol. The summed E-state index contributed by atoms with van der Waals surface area (Å²) in [5.41, 5.74) is 2.78. The van der Waals surface area contributed by atoms with Gasteiger partial charge in [-0.25, -0.2) is 9.97 Å². The summed E-state index contributed by atoms with van der Waals surface area (Å²) in [4.78, 5) is 21.7. The Morgan fingerprint density at radius 3 is 2.27 bits per heavy atom. The van der Waals surface area contributed by atoms with Crippen molar-refractivity contribution < 1.29 is 19.0 Å². The zero-order chi connectivity index (χ0) is 21.7. The standard InChI is InChI=1S/C23H25N3O4/c1-14(17-8-11-20(29-4)21(12-17)30-5)26-23(27)19-13-24-22(25-15(19)2)16-6-9-18(28-3)10-7-16/h6-14H,1-5H3,(H,26,27). The fourth-order valence-corrected chi connectivity index (χ4v) is 3.05. The van der Waals surface area contributed by atoms with E-state index in [1.807, 2.05) is 49.4 Å². The molecule has 0 spiro atoms.